The van der Waals surface area contributed by atoms with Crippen LogP contribution in [0.1, 0.15) is 39.1 Å². The van der Waals surface area contributed by atoms with E-state index in [9.17, 15) is 26.4 Å². The first-order valence-corrected chi connectivity index (χ1v) is 14.5. The molecule has 2 unspecified atom stereocenters. The average molecular weight is 715 g/mol. The first-order chi connectivity index (χ1) is 19.5. The van der Waals surface area contributed by atoms with E-state index in [0.717, 1.165) is 12.1 Å². The van der Waals surface area contributed by atoms with Crippen molar-refractivity contribution in [1.29, 1.82) is 0 Å². The van der Waals surface area contributed by atoms with E-state index in [2.05, 4.69) is 12.4 Å². The summed E-state index contributed by atoms with van der Waals surface area (Å²) >= 11 is 7.91. The van der Waals surface area contributed by atoms with Gasteiger partial charge in [0.15, 0.2) is 6.10 Å². The molecular weight excluding hydrogens is 696 g/mol. The molecule has 0 aliphatic heterocycles. The summed E-state index contributed by atoms with van der Waals surface area (Å²) < 4.78 is 76.2. The molecule has 13 heteroatoms. The fourth-order valence-corrected chi connectivity index (χ4v) is 5.03. The van der Waals surface area contributed by atoms with Crippen molar-refractivity contribution in [2.75, 3.05) is 0 Å². The Hall–Kier alpha value is -3.49. The molecule has 0 radical (unpaired) electrons. The predicted octanol–water partition coefficient (Wildman–Crippen LogP) is 7.48. The fraction of sp³-hybridized carbons (Fsp3) is 0.107. The predicted molar refractivity (Wildman–Crippen MR) is 156 cm³/mol. The van der Waals surface area contributed by atoms with Gasteiger partial charge in [-0.3, -0.25) is 4.98 Å². The van der Waals surface area contributed by atoms with E-state index in [1.54, 1.807) is 89.6 Å². The van der Waals surface area contributed by atoms with Crippen LogP contribution in [-0.2, 0) is 14.9 Å². The van der Waals surface area contributed by atoms with Crippen molar-refractivity contribution < 1.29 is 35.3 Å². The minimum Gasteiger partial charge on any atom is -0.448 e. The quantitative estimate of drug-likeness (QED) is 0.0587. The fourth-order valence-electron chi connectivity index (χ4n) is 3.91. The average Bonchev–Trinajstić information content (AvgIpc) is 2.96. The topological polar surface area (TPSA) is 94.9 Å². The number of hydrogen-bond donors (Lipinski definition) is 0. The van der Waals surface area contributed by atoms with E-state index in [-0.39, 0.29) is 5.56 Å². The van der Waals surface area contributed by atoms with E-state index in [1.165, 1.54) is 24.5 Å². The highest BCUT2D eigenvalue weighted by Gasteiger charge is 2.48. The van der Waals surface area contributed by atoms with Crippen molar-refractivity contribution in [3.63, 3.8) is 0 Å². The lowest BCUT2D eigenvalue weighted by atomic mass is 9.83. The number of ether oxygens (including phenoxy) is 1. The van der Waals surface area contributed by atoms with Gasteiger partial charge < -0.3 is 8.92 Å². The molecule has 0 aliphatic carbocycles. The second kappa shape index (κ2) is 13.0. The van der Waals surface area contributed by atoms with Crippen LogP contribution >= 0.6 is 34.5 Å². The van der Waals surface area contributed by atoms with Crippen molar-refractivity contribution in [1.82, 2.24) is 4.98 Å². The van der Waals surface area contributed by atoms with Crippen LogP contribution in [0, 0.1) is 0 Å². The van der Waals surface area contributed by atoms with Crippen LogP contribution < -0.4 is 4.18 Å². The van der Waals surface area contributed by atoms with Crippen molar-refractivity contribution in [3.8, 4) is 5.75 Å². The van der Waals surface area contributed by atoms with Crippen molar-refractivity contribution >= 4 is 56.3 Å². The first kappa shape index (κ1) is 30.5. The molecule has 7 nitrogen and oxygen atoms in total. The van der Waals surface area contributed by atoms with Gasteiger partial charge >= 0.3 is 21.6 Å². The largest absolute Gasteiger partial charge is 0.534 e. The van der Waals surface area contributed by atoms with Gasteiger partial charge in [0.05, 0.1) is 40.1 Å². The summed E-state index contributed by atoms with van der Waals surface area (Å²) in [6.07, 6.45) is 1.89. The standard InChI is InChI=1S/C28H19ClF3IN2O5S/c29-22-12-8-18(9-13-22)24(19-10-14-23(15-11-19)40-41(37,38)28(30,31)32)25(35-33)26(20-5-2-1-3-6-20)39-27(36)21-7-4-16-34-17-21/h1-17,24,26H. The lowest BCUT2D eigenvalue weighted by Gasteiger charge is -2.27. The summed E-state index contributed by atoms with van der Waals surface area (Å²) in [6, 6.07) is 23.8. The van der Waals surface area contributed by atoms with Gasteiger partial charge in [0, 0.05) is 17.4 Å². The van der Waals surface area contributed by atoms with Gasteiger partial charge in [-0.15, -0.1) is 0 Å². The maximum Gasteiger partial charge on any atom is 0.534 e. The van der Waals surface area contributed by atoms with Crippen molar-refractivity contribution in [2.24, 2.45) is 3.21 Å². The molecule has 0 N–H and O–H groups in total. The Morgan fingerprint density at radius 3 is 2.02 bits per heavy atom. The Kier molecular flexibility index (Phi) is 9.66. The van der Waals surface area contributed by atoms with Crippen LogP contribution in [-0.4, -0.2) is 30.6 Å². The van der Waals surface area contributed by atoms with Gasteiger partial charge in [0.25, 0.3) is 0 Å². The van der Waals surface area contributed by atoms with Crippen LogP contribution in [0.25, 0.3) is 0 Å². The Balaban J connectivity index is 1.79. The second-order valence-electron chi connectivity index (χ2n) is 8.48. The van der Waals surface area contributed by atoms with Crippen LogP contribution in [0.5, 0.6) is 5.75 Å². The molecule has 0 spiro atoms. The monoisotopic (exact) mass is 714 g/mol. The molecular formula is C28H19ClF3IN2O5S. The van der Waals surface area contributed by atoms with Crippen LogP contribution in [0.3, 0.4) is 0 Å². The van der Waals surface area contributed by atoms with Gasteiger partial charge in [-0.05, 0) is 53.1 Å². The number of esters is 1. The molecule has 0 bridgehead atoms. The number of benzene rings is 3. The highest BCUT2D eigenvalue weighted by molar-refractivity contribution is 14.1. The molecule has 0 aliphatic rings. The Labute approximate surface area is 252 Å². The van der Waals surface area contributed by atoms with E-state index in [1.807, 2.05) is 0 Å². The number of aromatic nitrogens is 1. The van der Waals surface area contributed by atoms with Gasteiger partial charge in [-0.1, -0.05) is 66.2 Å². The Morgan fingerprint density at radius 2 is 1.49 bits per heavy atom. The number of carbonyl (C=O) groups excluding carboxylic acids is 1. The summed E-state index contributed by atoms with van der Waals surface area (Å²) in [6.45, 7) is 0. The smallest absolute Gasteiger partial charge is 0.448 e. The third kappa shape index (κ3) is 7.43. The number of nitrogens with zero attached hydrogens (tertiary/aromatic N) is 2. The second-order valence-corrected chi connectivity index (χ2v) is 10.9. The summed E-state index contributed by atoms with van der Waals surface area (Å²) in [7, 11) is -5.85. The summed E-state index contributed by atoms with van der Waals surface area (Å²) in [5.74, 6) is -1.89. The minimum atomic E-state index is -5.85. The summed E-state index contributed by atoms with van der Waals surface area (Å²) in [4.78, 5) is 17.1. The number of alkyl halides is 3. The molecule has 0 saturated heterocycles. The molecule has 4 aromatic rings. The van der Waals surface area contributed by atoms with Gasteiger partial charge in [-0.25, -0.2) is 8.00 Å². The highest BCUT2D eigenvalue weighted by atomic mass is 127. The molecule has 0 saturated carbocycles. The molecule has 3 aromatic carbocycles. The zero-order valence-electron chi connectivity index (χ0n) is 20.7. The van der Waals surface area contributed by atoms with Gasteiger partial charge in [-0.2, -0.15) is 21.6 Å². The lowest BCUT2D eigenvalue weighted by Crippen LogP contribution is -2.28. The SMILES string of the molecule is O=C(OC(C(=NI)C(c1ccc(Cl)cc1)c1ccc(OS(=O)(=O)C(F)(F)F)cc1)c1ccccc1)c1cccnc1. The Bertz CT molecular complexity index is 1620. The molecule has 4 rings (SSSR count). The van der Waals surface area contributed by atoms with E-state index in [0.29, 0.717) is 27.4 Å². The van der Waals surface area contributed by atoms with Gasteiger partial charge in [0.2, 0.25) is 0 Å². The number of carbonyl (C=O) groups is 1. The molecule has 41 heavy (non-hydrogen) atoms. The number of halogens is 5. The van der Waals surface area contributed by atoms with Crippen LogP contribution in [0.4, 0.5) is 13.2 Å². The van der Waals surface area contributed by atoms with Gasteiger partial charge in [0.1, 0.15) is 5.75 Å². The van der Waals surface area contributed by atoms with Crippen molar-refractivity contribution in [2.45, 2.75) is 17.5 Å². The van der Waals surface area contributed by atoms with E-state index in [4.69, 9.17) is 16.3 Å². The van der Waals surface area contributed by atoms with Crippen LogP contribution in [0.15, 0.2) is 107 Å². The number of rotatable bonds is 9. The van der Waals surface area contributed by atoms with E-state index >= 15 is 0 Å². The molecule has 212 valence electrons. The molecule has 1 aromatic heterocycles. The third-order valence-corrected chi connectivity index (χ3v) is 7.58. The molecule has 2 atom stereocenters. The summed E-state index contributed by atoms with van der Waals surface area (Å²) in [5, 5.41) is 0.462. The lowest BCUT2D eigenvalue weighted by molar-refractivity contribution is -0.0500. The normalized spacial score (nSPS) is 13.7. The molecule has 0 fully saturated rings. The maximum atomic E-state index is 13.1. The van der Waals surface area contributed by atoms with E-state index < -0.39 is 39.4 Å². The summed E-state index contributed by atoms with van der Waals surface area (Å²) in [5.41, 5.74) is -3.22. The third-order valence-electron chi connectivity index (χ3n) is 5.79. The zero-order chi connectivity index (χ0) is 29.6. The number of pyridine rings is 1. The zero-order valence-corrected chi connectivity index (χ0v) is 24.4. The maximum absolute atomic E-state index is 13.1. The highest BCUT2D eigenvalue weighted by Crippen LogP contribution is 2.37. The Morgan fingerprint density at radius 1 is 0.878 bits per heavy atom. The van der Waals surface area contributed by atoms with Crippen molar-refractivity contribution in [3.05, 3.63) is 131 Å². The molecule has 0 amide bonds. The minimum absolute atomic E-state index is 0.219. The number of hydrogen-bond acceptors (Lipinski definition) is 7. The first-order valence-electron chi connectivity index (χ1n) is 11.7. The molecule has 1 heterocycles. The van der Waals surface area contributed by atoms with Crippen LogP contribution in [0.2, 0.25) is 5.02 Å².